The van der Waals surface area contributed by atoms with Crippen LogP contribution in [0.1, 0.15) is 41.5 Å². The number of hydrogen-bond donors (Lipinski definition) is 2. The minimum absolute atomic E-state index is 0.124. The lowest BCUT2D eigenvalue weighted by atomic mass is 10.0. The summed E-state index contributed by atoms with van der Waals surface area (Å²) in [5, 5.41) is 12.7. The van der Waals surface area contributed by atoms with E-state index < -0.39 is 0 Å². The predicted molar refractivity (Wildman–Crippen MR) is 65.6 cm³/mol. The van der Waals surface area contributed by atoms with Gasteiger partial charge in [-0.2, -0.15) is 0 Å². The second kappa shape index (κ2) is 5.10. The molecule has 92 valence electrons. The van der Waals surface area contributed by atoms with Crippen LogP contribution in [0.2, 0.25) is 0 Å². The first-order valence-electron chi connectivity index (χ1n) is 5.40. The number of phenolic OH excluding ortho intramolecular Hbond substituents is 1. The summed E-state index contributed by atoms with van der Waals surface area (Å²) in [4.78, 5) is 22.5. The molecule has 0 aliphatic carbocycles. The van der Waals surface area contributed by atoms with Gasteiger partial charge >= 0.3 is 0 Å². The summed E-state index contributed by atoms with van der Waals surface area (Å²) in [6.45, 7) is 5.96. The molecule has 0 aromatic heterocycles. The molecule has 0 radical (unpaired) electrons. The fraction of sp³-hybridized carbons (Fsp3) is 0.385. The molecule has 0 bridgehead atoms. The molecule has 0 fully saturated rings. The van der Waals surface area contributed by atoms with Crippen molar-refractivity contribution in [2.24, 2.45) is 0 Å². The van der Waals surface area contributed by atoms with Gasteiger partial charge in [-0.3, -0.25) is 9.59 Å². The molecule has 0 aliphatic heterocycles. The molecule has 0 saturated heterocycles. The first-order chi connectivity index (χ1) is 7.85. The average molecular weight is 235 g/mol. The van der Waals surface area contributed by atoms with Crippen molar-refractivity contribution in [3.63, 3.8) is 0 Å². The zero-order valence-electron chi connectivity index (χ0n) is 10.3. The van der Waals surface area contributed by atoms with Crippen molar-refractivity contribution in [2.75, 3.05) is 6.54 Å². The van der Waals surface area contributed by atoms with Gasteiger partial charge in [-0.1, -0.05) is 6.07 Å². The fourth-order valence-corrected chi connectivity index (χ4v) is 1.32. The summed E-state index contributed by atoms with van der Waals surface area (Å²) in [7, 11) is 0. The van der Waals surface area contributed by atoms with Crippen LogP contribution in [-0.4, -0.2) is 29.3 Å². The molecule has 0 unspecified atom stereocenters. The summed E-state index contributed by atoms with van der Waals surface area (Å²) in [6.07, 6.45) is 0.531. The summed E-state index contributed by atoms with van der Waals surface area (Å²) in [5.74, 6) is -0.482. The van der Waals surface area contributed by atoms with Gasteiger partial charge in [0.15, 0.2) is 12.1 Å². The van der Waals surface area contributed by atoms with Gasteiger partial charge in [0, 0.05) is 5.54 Å². The van der Waals surface area contributed by atoms with E-state index in [4.69, 9.17) is 0 Å². The number of rotatable bonds is 4. The molecule has 0 amide bonds. The third kappa shape index (κ3) is 3.67. The SMILES string of the molecule is CC(C)(C)NCC(=O)c1cccc(C=O)c1O. The summed E-state index contributed by atoms with van der Waals surface area (Å²) in [6, 6.07) is 4.55. The van der Waals surface area contributed by atoms with E-state index in [1.165, 1.54) is 12.1 Å². The maximum absolute atomic E-state index is 11.8. The van der Waals surface area contributed by atoms with Crippen LogP contribution < -0.4 is 5.32 Å². The molecule has 2 N–H and O–H groups in total. The van der Waals surface area contributed by atoms with E-state index in [1.54, 1.807) is 6.07 Å². The average Bonchev–Trinajstić information content (AvgIpc) is 2.25. The predicted octanol–water partition coefficient (Wildman–Crippen LogP) is 1.78. The van der Waals surface area contributed by atoms with Gasteiger partial charge < -0.3 is 10.4 Å². The zero-order valence-corrected chi connectivity index (χ0v) is 10.3. The minimum Gasteiger partial charge on any atom is -0.506 e. The Balaban J connectivity index is 2.86. The quantitative estimate of drug-likeness (QED) is 0.616. The number of para-hydroxylation sites is 1. The first kappa shape index (κ1) is 13.4. The number of carbonyl (C=O) groups is 2. The molecule has 0 saturated carbocycles. The van der Waals surface area contributed by atoms with Crippen molar-refractivity contribution < 1.29 is 14.7 Å². The number of aromatic hydroxyl groups is 1. The van der Waals surface area contributed by atoms with E-state index >= 15 is 0 Å². The standard InChI is InChI=1S/C13H17NO3/c1-13(2,3)14-7-11(16)10-6-4-5-9(8-15)12(10)17/h4-6,8,14,17H,7H2,1-3H3. The lowest BCUT2D eigenvalue weighted by Gasteiger charge is -2.20. The minimum atomic E-state index is -0.247. The van der Waals surface area contributed by atoms with E-state index in [0.29, 0.717) is 6.29 Å². The van der Waals surface area contributed by atoms with Gasteiger partial charge in [-0.15, -0.1) is 0 Å². The first-order valence-corrected chi connectivity index (χ1v) is 5.40. The molecule has 0 atom stereocenters. The van der Waals surface area contributed by atoms with Crippen molar-refractivity contribution in [2.45, 2.75) is 26.3 Å². The largest absolute Gasteiger partial charge is 0.506 e. The van der Waals surface area contributed by atoms with E-state index in [0.717, 1.165) is 0 Å². The Morgan fingerprint density at radius 3 is 2.59 bits per heavy atom. The summed E-state index contributed by atoms with van der Waals surface area (Å²) >= 11 is 0. The van der Waals surface area contributed by atoms with Crippen molar-refractivity contribution in [3.05, 3.63) is 29.3 Å². The Bertz CT molecular complexity index is 433. The van der Waals surface area contributed by atoms with Crippen LogP contribution in [0.5, 0.6) is 5.75 Å². The molecule has 4 heteroatoms. The molecule has 0 heterocycles. The number of benzene rings is 1. The molecule has 1 rings (SSSR count). The molecule has 17 heavy (non-hydrogen) atoms. The molecule has 1 aromatic rings. The van der Waals surface area contributed by atoms with Gasteiger partial charge in [0.2, 0.25) is 0 Å². The van der Waals surface area contributed by atoms with Crippen molar-refractivity contribution in [1.29, 1.82) is 0 Å². The highest BCUT2D eigenvalue weighted by atomic mass is 16.3. The number of hydrogen-bond acceptors (Lipinski definition) is 4. The van der Waals surface area contributed by atoms with E-state index in [1.807, 2.05) is 20.8 Å². The van der Waals surface area contributed by atoms with Crippen molar-refractivity contribution in [1.82, 2.24) is 5.32 Å². The Labute approximate surface area is 101 Å². The van der Waals surface area contributed by atoms with Crippen LogP contribution >= 0.6 is 0 Å². The van der Waals surface area contributed by atoms with Gasteiger partial charge in [0.1, 0.15) is 5.75 Å². The van der Waals surface area contributed by atoms with Crippen molar-refractivity contribution >= 4 is 12.1 Å². The lowest BCUT2D eigenvalue weighted by molar-refractivity contribution is 0.0979. The van der Waals surface area contributed by atoms with Gasteiger partial charge in [-0.25, -0.2) is 0 Å². The molecule has 1 aromatic carbocycles. The van der Waals surface area contributed by atoms with Crippen LogP contribution in [0, 0.1) is 0 Å². The maximum Gasteiger partial charge on any atom is 0.180 e. The highest BCUT2D eigenvalue weighted by Gasteiger charge is 2.16. The molecule has 0 aliphatic rings. The molecular formula is C13H17NO3. The molecular weight excluding hydrogens is 218 g/mol. The topological polar surface area (TPSA) is 66.4 Å². The highest BCUT2D eigenvalue weighted by molar-refractivity contribution is 6.02. The summed E-state index contributed by atoms with van der Waals surface area (Å²) in [5.41, 5.74) is 0.131. The number of phenols is 1. The lowest BCUT2D eigenvalue weighted by Crippen LogP contribution is -2.39. The monoisotopic (exact) mass is 235 g/mol. The number of nitrogens with one attached hydrogen (secondary N) is 1. The molecule has 0 spiro atoms. The number of carbonyl (C=O) groups excluding carboxylic acids is 2. The normalized spacial score (nSPS) is 11.2. The van der Waals surface area contributed by atoms with Gasteiger partial charge in [0.25, 0.3) is 0 Å². The number of aldehydes is 1. The Morgan fingerprint density at radius 2 is 2.06 bits per heavy atom. The van der Waals surface area contributed by atoms with Crippen molar-refractivity contribution in [3.8, 4) is 5.75 Å². The summed E-state index contributed by atoms with van der Waals surface area (Å²) < 4.78 is 0. The van der Waals surface area contributed by atoms with E-state index in [2.05, 4.69) is 5.32 Å². The maximum atomic E-state index is 11.8. The Morgan fingerprint density at radius 1 is 1.41 bits per heavy atom. The van der Waals surface area contributed by atoms with E-state index in [-0.39, 0.29) is 34.7 Å². The second-order valence-corrected chi connectivity index (χ2v) is 4.89. The van der Waals surface area contributed by atoms with Crippen LogP contribution in [-0.2, 0) is 0 Å². The zero-order chi connectivity index (χ0) is 13.1. The smallest absolute Gasteiger partial charge is 0.180 e. The molecule has 4 nitrogen and oxygen atoms in total. The van der Waals surface area contributed by atoms with Gasteiger partial charge in [0.05, 0.1) is 17.7 Å². The van der Waals surface area contributed by atoms with Crippen LogP contribution in [0.3, 0.4) is 0 Å². The van der Waals surface area contributed by atoms with Gasteiger partial charge in [-0.05, 0) is 32.9 Å². The Hall–Kier alpha value is -1.68. The third-order valence-electron chi connectivity index (χ3n) is 2.27. The Kier molecular flexibility index (Phi) is 4.02. The van der Waals surface area contributed by atoms with Crippen LogP contribution in [0.4, 0.5) is 0 Å². The second-order valence-electron chi connectivity index (χ2n) is 4.89. The van der Waals surface area contributed by atoms with Crippen LogP contribution in [0.25, 0.3) is 0 Å². The third-order valence-corrected chi connectivity index (χ3v) is 2.27. The highest BCUT2D eigenvalue weighted by Crippen LogP contribution is 2.21. The van der Waals surface area contributed by atoms with Crippen LogP contribution in [0.15, 0.2) is 18.2 Å². The van der Waals surface area contributed by atoms with E-state index in [9.17, 15) is 14.7 Å². The fourth-order valence-electron chi connectivity index (χ4n) is 1.32. The number of Topliss-reactive ketones (excluding diaryl/α,β-unsaturated/α-hetero) is 1. The number of ketones is 1.